The number of hydrogen-bond acceptors (Lipinski definition) is 5. The standard InChI is InChI=1S/C6H10N2O4/c7-6(10)12-5(9)4-3-8-1-2-11-4/h4,8H,1-3H2,(H2,7,10). The summed E-state index contributed by atoms with van der Waals surface area (Å²) in [6.07, 6.45) is -1.82. The molecular formula is C6H10N2O4. The number of amides is 1. The van der Waals surface area contributed by atoms with Gasteiger partial charge < -0.3 is 20.5 Å². The summed E-state index contributed by atoms with van der Waals surface area (Å²) in [5.41, 5.74) is 4.64. The van der Waals surface area contributed by atoms with Crippen LogP contribution in [0, 0.1) is 0 Å². The van der Waals surface area contributed by atoms with E-state index in [1.165, 1.54) is 0 Å². The average Bonchev–Trinajstić information content (AvgIpc) is 2.05. The quantitative estimate of drug-likeness (QED) is 0.376. The SMILES string of the molecule is NC(=O)OC(=O)C1CNCCO1. The van der Waals surface area contributed by atoms with Crippen molar-refractivity contribution in [3.8, 4) is 0 Å². The zero-order chi connectivity index (χ0) is 8.97. The summed E-state index contributed by atoms with van der Waals surface area (Å²) in [6.45, 7) is 1.48. The van der Waals surface area contributed by atoms with Gasteiger partial charge in [0.15, 0.2) is 6.10 Å². The van der Waals surface area contributed by atoms with Crippen molar-refractivity contribution in [1.82, 2.24) is 5.32 Å². The van der Waals surface area contributed by atoms with Crippen LogP contribution in [0.5, 0.6) is 0 Å². The number of carbonyl (C=O) groups excluding carboxylic acids is 2. The van der Waals surface area contributed by atoms with Crippen molar-refractivity contribution in [2.24, 2.45) is 5.73 Å². The Kier molecular flexibility index (Phi) is 3.01. The molecule has 1 fully saturated rings. The lowest BCUT2D eigenvalue weighted by Crippen LogP contribution is -2.44. The maximum Gasteiger partial charge on any atom is 0.412 e. The van der Waals surface area contributed by atoms with Crippen LogP contribution in [0.1, 0.15) is 0 Å². The number of carbonyl (C=O) groups is 2. The van der Waals surface area contributed by atoms with Gasteiger partial charge >= 0.3 is 12.1 Å². The van der Waals surface area contributed by atoms with Crippen LogP contribution in [0.15, 0.2) is 0 Å². The fourth-order valence-electron chi connectivity index (χ4n) is 0.882. The van der Waals surface area contributed by atoms with Crippen LogP contribution in [0.25, 0.3) is 0 Å². The largest absolute Gasteiger partial charge is 0.412 e. The second kappa shape index (κ2) is 4.03. The molecule has 1 saturated heterocycles. The number of ether oxygens (including phenoxy) is 2. The molecule has 6 heteroatoms. The minimum absolute atomic E-state index is 0.353. The molecule has 1 unspecified atom stereocenters. The lowest BCUT2D eigenvalue weighted by atomic mass is 10.3. The first-order valence-electron chi connectivity index (χ1n) is 3.53. The van der Waals surface area contributed by atoms with Crippen LogP contribution in [-0.2, 0) is 14.3 Å². The molecule has 0 radical (unpaired) electrons. The minimum Gasteiger partial charge on any atom is -0.374 e. The van der Waals surface area contributed by atoms with E-state index in [1.54, 1.807) is 0 Å². The van der Waals surface area contributed by atoms with Crippen LogP contribution in [-0.4, -0.2) is 37.9 Å². The third-order valence-corrected chi connectivity index (χ3v) is 1.39. The third kappa shape index (κ3) is 2.48. The molecule has 3 N–H and O–H groups in total. The van der Waals surface area contributed by atoms with Crippen LogP contribution in [0.3, 0.4) is 0 Å². The second-order valence-electron chi connectivity index (χ2n) is 2.30. The molecule has 0 aromatic heterocycles. The van der Waals surface area contributed by atoms with E-state index >= 15 is 0 Å². The average molecular weight is 174 g/mol. The van der Waals surface area contributed by atoms with Crippen LogP contribution in [0.2, 0.25) is 0 Å². The second-order valence-corrected chi connectivity index (χ2v) is 2.30. The van der Waals surface area contributed by atoms with Crippen molar-refractivity contribution in [3.05, 3.63) is 0 Å². The van der Waals surface area contributed by atoms with Gasteiger partial charge in [-0.1, -0.05) is 0 Å². The van der Waals surface area contributed by atoms with E-state index in [1.807, 2.05) is 0 Å². The highest BCUT2D eigenvalue weighted by atomic mass is 16.6. The Morgan fingerprint density at radius 2 is 2.33 bits per heavy atom. The molecule has 0 aromatic carbocycles. The number of esters is 1. The molecule has 1 aliphatic heterocycles. The number of hydrogen-bond donors (Lipinski definition) is 2. The fourth-order valence-corrected chi connectivity index (χ4v) is 0.882. The fraction of sp³-hybridized carbons (Fsp3) is 0.667. The van der Waals surface area contributed by atoms with Gasteiger partial charge in [0, 0.05) is 13.1 Å². The van der Waals surface area contributed by atoms with Crippen molar-refractivity contribution in [3.63, 3.8) is 0 Å². The molecule has 0 aromatic rings. The lowest BCUT2D eigenvalue weighted by molar-refractivity contribution is -0.151. The first kappa shape index (κ1) is 8.95. The topological polar surface area (TPSA) is 90.7 Å². The molecule has 0 spiro atoms. The van der Waals surface area contributed by atoms with Crippen molar-refractivity contribution in [2.45, 2.75) is 6.10 Å². The van der Waals surface area contributed by atoms with E-state index in [-0.39, 0.29) is 0 Å². The summed E-state index contributed by atoms with van der Waals surface area (Å²) in [5.74, 6) is -0.741. The molecule has 12 heavy (non-hydrogen) atoms. The highest BCUT2D eigenvalue weighted by molar-refractivity contribution is 5.86. The molecule has 1 rings (SSSR count). The Morgan fingerprint density at radius 3 is 2.83 bits per heavy atom. The zero-order valence-electron chi connectivity index (χ0n) is 6.41. The third-order valence-electron chi connectivity index (χ3n) is 1.39. The highest BCUT2D eigenvalue weighted by Crippen LogP contribution is 1.98. The van der Waals surface area contributed by atoms with Gasteiger partial charge in [-0.3, -0.25) is 0 Å². The highest BCUT2D eigenvalue weighted by Gasteiger charge is 2.24. The summed E-state index contributed by atoms with van der Waals surface area (Å²) in [6, 6.07) is 0. The van der Waals surface area contributed by atoms with Crippen molar-refractivity contribution < 1.29 is 19.1 Å². The van der Waals surface area contributed by atoms with Gasteiger partial charge in [-0.15, -0.1) is 0 Å². The molecule has 6 nitrogen and oxygen atoms in total. The molecule has 1 amide bonds. The summed E-state index contributed by atoms with van der Waals surface area (Å²) in [4.78, 5) is 21.1. The van der Waals surface area contributed by atoms with Crippen LogP contribution in [0.4, 0.5) is 4.79 Å². The molecular weight excluding hydrogens is 164 g/mol. The first-order chi connectivity index (χ1) is 5.70. The number of morpholine rings is 1. The van der Waals surface area contributed by atoms with E-state index in [4.69, 9.17) is 4.74 Å². The van der Waals surface area contributed by atoms with E-state index in [9.17, 15) is 9.59 Å². The van der Waals surface area contributed by atoms with Gasteiger partial charge in [0.05, 0.1) is 6.61 Å². The Hall–Kier alpha value is -1.14. The van der Waals surface area contributed by atoms with E-state index in [2.05, 4.69) is 15.8 Å². The van der Waals surface area contributed by atoms with Crippen LogP contribution < -0.4 is 11.1 Å². The zero-order valence-corrected chi connectivity index (χ0v) is 6.41. The Morgan fingerprint density at radius 1 is 1.58 bits per heavy atom. The van der Waals surface area contributed by atoms with Gasteiger partial charge in [-0.2, -0.15) is 0 Å². The van der Waals surface area contributed by atoms with E-state index in [0.29, 0.717) is 19.7 Å². The van der Waals surface area contributed by atoms with Crippen molar-refractivity contribution in [2.75, 3.05) is 19.7 Å². The molecule has 1 heterocycles. The maximum absolute atomic E-state index is 10.9. The van der Waals surface area contributed by atoms with Crippen LogP contribution >= 0.6 is 0 Å². The van der Waals surface area contributed by atoms with Gasteiger partial charge in [0.25, 0.3) is 0 Å². The first-order valence-corrected chi connectivity index (χ1v) is 3.53. The minimum atomic E-state index is -1.10. The predicted molar refractivity (Wildman–Crippen MR) is 38.3 cm³/mol. The number of rotatable bonds is 1. The summed E-state index contributed by atoms with van der Waals surface area (Å²) >= 11 is 0. The maximum atomic E-state index is 10.9. The molecule has 0 saturated carbocycles. The van der Waals surface area contributed by atoms with Gasteiger partial charge in [0.2, 0.25) is 0 Å². The van der Waals surface area contributed by atoms with Gasteiger partial charge in [-0.25, -0.2) is 9.59 Å². The van der Waals surface area contributed by atoms with E-state index < -0.39 is 18.2 Å². The summed E-state index contributed by atoms with van der Waals surface area (Å²) in [7, 11) is 0. The normalized spacial score (nSPS) is 23.2. The molecule has 0 bridgehead atoms. The Bertz CT molecular complexity index is 188. The van der Waals surface area contributed by atoms with Crippen molar-refractivity contribution >= 4 is 12.1 Å². The smallest absolute Gasteiger partial charge is 0.374 e. The number of primary amides is 1. The summed E-state index contributed by atoms with van der Waals surface area (Å²) < 4.78 is 9.12. The summed E-state index contributed by atoms with van der Waals surface area (Å²) in [5, 5.41) is 2.91. The number of nitrogens with two attached hydrogens (primary N) is 1. The predicted octanol–water partition coefficient (Wildman–Crippen LogP) is -1.40. The molecule has 1 aliphatic rings. The molecule has 0 aliphatic carbocycles. The molecule has 68 valence electrons. The molecule has 1 atom stereocenters. The Balaban J connectivity index is 2.34. The van der Waals surface area contributed by atoms with Crippen molar-refractivity contribution in [1.29, 1.82) is 0 Å². The van der Waals surface area contributed by atoms with Gasteiger partial charge in [0.1, 0.15) is 0 Å². The lowest BCUT2D eigenvalue weighted by Gasteiger charge is -2.20. The van der Waals surface area contributed by atoms with E-state index in [0.717, 1.165) is 0 Å². The number of nitrogens with one attached hydrogen (secondary N) is 1. The van der Waals surface area contributed by atoms with Gasteiger partial charge in [-0.05, 0) is 0 Å². The monoisotopic (exact) mass is 174 g/mol. The Labute approximate surface area is 69.0 Å².